The monoisotopic (exact) mass is 415 g/mol. The third-order valence-electron chi connectivity index (χ3n) is 4.37. The number of benzene rings is 3. The Labute approximate surface area is 176 Å². The Morgan fingerprint density at radius 1 is 0.857 bits per heavy atom. The Morgan fingerprint density at radius 2 is 1.61 bits per heavy atom. The molecule has 0 aliphatic carbocycles. The molecule has 0 fully saturated rings. The number of nitrogens with one attached hydrogen (secondary N) is 1. The molecule has 3 aromatic rings. The largest absolute Gasteiger partial charge is 0.490 e. The van der Waals surface area contributed by atoms with Gasteiger partial charge in [0.15, 0.2) is 11.5 Å². The van der Waals surface area contributed by atoms with Gasteiger partial charge in [-0.25, -0.2) is 0 Å². The highest BCUT2D eigenvalue weighted by Crippen LogP contribution is 2.30. The molecule has 0 heterocycles. The highest BCUT2D eigenvalue weighted by molar-refractivity contribution is 6.31. The molecule has 0 saturated carbocycles. The van der Waals surface area contributed by atoms with Crippen LogP contribution in [0.4, 0.5) is 5.69 Å². The quantitative estimate of drug-likeness (QED) is 0.434. The number of halogens is 2. The zero-order valence-electron chi connectivity index (χ0n) is 16.0. The Bertz CT molecular complexity index is 926. The zero-order chi connectivity index (χ0) is 19.9. The van der Waals surface area contributed by atoms with Gasteiger partial charge >= 0.3 is 0 Å². The molecular weight excluding hydrogens is 393 g/mol. The molecule has 0 spiro atoms. The van der Waals surface area contributed by atoms with E-state index in [0.717, 1.165) is 38.9 Å². The number of anilines is 1. The first-order valence-corrected chi connectivity index (χ1v) is 9.94. The van der Waals surface area contributed by atoms with Gasteiger partial charge in [0.1, 0.15) is 6.61 Å². The summed E-state index contributed by atoms with van der Waals surface area (Å²) < 4.78 is 11.7. The lowest BCUT2D eigenvalue weighted by atomic mass is 10.1. The summed E-state index contributed by atoms with van der Waals surface area (Å²) in [6, 6.07) is 19.5. The van der Waals surface area contributed by atoms with Crippen LogP contribution in [0.2, 0.25) is 10.0 Å². The van der Waals surface area contributed by atoms with Gasteiger partial charge < -0.3 is 14.8 Å². The van der Waals surface area contributed by atoms with Gasteiger partial charge in [0.05, 0.1) is 6.61 Å². The van der Waals surface area contributed by atoms with Crippen LogP contribution in [0.3, 0.4) is 0 Å². The van der Waals surface area contributed by atoms with Gasteiger partial charge in [-0.2, -0.15) is 0 Å². The van der Waals surface area contributed by atoms with Crippen molar-refractivity contribution in [1.29, 1.82) is 0 Å². The van der Waals surface area contributed by atoms with Gasteiger partial charge in [0.25, 0.3) is 0 Å². The molecule has 28 heavy (non-hydrogen) atoms. The van der Waals surface area contributed by atoms with Crippen LogP contribution in [0.25, 0.3) is 0 Å². The lowest BCUT2D eigenvalue weighted by molar-refractivity contribution is 0.269. The second kappa shape index (κ2) is 9.72. The summed E-state index contributed by atoms with van der Waals surface area (Å²) in [6.45, 7) is 5.66. The summed E-state index contributed by atoms with van der Waals surface area (Å²) in [4.78, 5) is 0. The van der Waals surface area contributed by atoms with E-state index in [1.54, 1.807) is 0 Å². The van der Waals surface area contributed by atoms with E-state index in [0.29, 0.717) is 24.8 Å². The van der Waals surface area contributed by atoms with Crippen molar-refractivity contribution in [2.45, 2.75) is 27.0 Å². The van der Waals surface area contributed by atoms with Crippen LogP contribution in [-0.4, -0.2) is 6.61 Å². The van der Waals surface area contributed by atoms with Crippen LogP contribution in [0.15, 0.2) is 60.7 Å². The highest BCUT2D eigenvalue weighted by atomic mass is 35.5. The standard InChI is InChI=1S/C23H23Cl2NO2/c1-3-27-23-13-18(14-26-21-6-4-5-20(25)16(21)2)9-12-22(23)28-15-17-7-10-19(24)11-8-17/h4-13,26H,3,14-15H2,1-2H3. The van der Waals surface area contributed by atoms with Gasteiger partial charge in [-0.3, -0.25) is 0 Å². The fourth-order valence-electron chi connectivity index (χ4n) is 2.79. The van der Waals surface area contributed by atoms with Crippen molar-refractivity contribution >= 4 is 28.9 Å². The van der Waals surface area contributed by atoms with Crippen LogP contribution in [0, 0.1) is 6.92 Å². The Morgan fingerprint density at radius 3 is 2.36 bits per heavy atom. The topological polar surface area (TPSA) is 30.5 Å². The fourth-order valence-corrected chi connectivity index (χ4v) is 3.09. The minimum atomic E-state index is 0.455. The summed E-state index contributed by atoms with van der Waals surface area (Å²) in [5, 5.41) is 4.90. The average molecular weight is 416 g/mol. The number of rotatable bonds is 8. The van der Waals surface area contributed by atoms with Gasteiger partial charge in [0.2, 0.25) is 0 Å². The molecule has 3 rings (SSSR count). The molecule has 0 saturated heterocycles. The molecule has 0 aromatic heterocycles. The maximum absolute atomic E-state index is 6.19. The van der Waals surface area contributed by atoms with Crippen LogP contribution in [0.1, 0.15) is 23.6 Å². The first-order chi connectivity index (χ1) is 13.6. The predicted octanol–water partition coefficient (Wildman–Crippen LogP) is 6.89. The number of hydrogen-bond acceptors (Lipinski definition) is 3. The fraction of sp³-hybridized carbons (Fsp3) is 0.217. The molecule has 0 unspecified atom stereocenters. The van der Waals surface area contributed by atoms with Crippen molar-refractivity contribution in [2.75, 3.05) is 11.9 Å². The SMILES string of the molecule is CCOc1cc(CNc2cccc(Cl)c2C)ccc1OCc1ccc(Cl)cc1. The Kier molecular flexibility index (Phi) is 7.07. The summed E-state index contributed by atoms with van der Waals surface area (Å²) in [5.74, 6) is 1.46. The molecule has 0 atom stereocenters. The zero-order valence-corrected chi connectivity index (χ0v) is 17.5. The Hall–Kier alpha value is -2.36. The van der Waals surface area contributed by atoms with E-state index in [4.69, 9.17) is 32.7 Å². The van der Waals surface area contributed by atoms with Crippen molar-refractivity contribution in [3.8, 4) is 11.5 Å². The minimum absolute atomic E-state index is 0.455. The van der Waals surface area contributed by atoms with Crippen LogP contribution >= 0.6 is 23.2 Å². The van der Waals surface area contributed by atoms with E-state index in [1.807, 2.05) is 74.5 Å². The van der Waals surface area contributed by atoms with Crippen molar-refractivity contribution in [3.05, 3.63) is 87.4 Å². The van der Waals surface area contributed by atoms with E-state index in [2.05, 4.69) is 5.32 Å². The molecule has 3 nitrogen and oxygen atoms in total. The van der Waals surface area contributed by atoms with Crippen molar-refractivity contribution in [1.82, 2.24) is 0 Å². The van der Waals surface area contributed by atoms with E-state index in [9.17, 15) is 0 Å². The first-order valence-electron chi connectivity index (χ1n) is 9.18. The van der Waals surface area contributed by atoms with Gasteiger partial charge in [0, 0.05) is 22.3 Å². The van der Waals surface area contributed by atoms with Crippen molar-refractivity contribution < 1.29 is 9.47 Å². The molecule has 0 aliphatic heterocycles. The van der Waals surface area contributed by atoms with Gasteiger partial charge in [-0.05, 0) is 66.9 Å². The predicted molar refractivity (Wildman–Crippen MR) is 117 cm³/mol. The van der Waals surface area contributed by atoms with E-state index in [1.165, 1.54) is 0 Å². The average Bonchev–Trinajstić information content (AvgIpc) is 2.70. The summed E-state index contributed by atoms with van der Waals surface area (Å²) in [7, 11) is 0. The molecule has 0 aliphatic rings. The Balaban J connectivity index is 1.69. The third-order valence-corrected chi connectivity index (χ3v) is 5.03. The van der Waals surface area contributed by atoms with E-state index in [-0.39, 0.29) is 0 Å². The smallest absolute Gasteiger partial charge is 0.161 e. The minimum Gasteiger partial charge on any atom is -0.490 e. The summed E-state index contributed by atoms with van der Waals surface area (Å²) in [5.41, 5.74) is 4.21. The number of hydrogen-bond donors (Lipinski definition) is 1. The second-order valence-electron chi connectivity index (χ2n) is 6.40. The normalized spacial score (nSPS) is 10.6. The van der Waals surface area contributed by atoms with E-state index < -0.39 is 0 Å². The van der Waals surface area contributed by atoms with Crippen molar-refractivity contribution in [3.63, 3.8) is 0 Å². The molecule has 1 N–H and O–H groups in total. The highest BCUT2D eigenvalue weighted by Gasteiger charge is 2.08. The second-order valence-corrected chi connectivity index (χ2v) is 7.24. The lowest BCUT2D eigenvalue weighted by Gasteiger charge is -2.15. The van der Waals surface area contributed by atoms with Crippen molar-refractivity contribution in [2.24, 2.45) is 0 Å². The first kappa shape index (κ1) is 20.4. The van der Waals surface area contributed by atoms with E-state index >= 15 is 0 Å². The summed E-state index contributed by atoms with van der Waals surface area (Å²) in [6.07, 6.45) is 0. The molecule has 5 heteroatoms. The van der Waals surface area contributed by atoms with Crippen LogP contribution in [0.5, 0.6) is 11.5 Å². The third kappa shape index (κ3) is 5.34. The molecule has 0 radical (unpaired) electrons. The maximum Gasteiger partial charge on any atom is 0.161 e. The molecule has 0 bridgehead atoms. The van der Waals surface area contributed by atoms with Gasteiger partial charge in [-0.15, -0.1) is 0 Å². The molecule has 0 amide bonds. The molecule has 3 aromatic carbocycles. The number of ether oxygens (including phenoxy) is 2. The lowest BCUT2D eigenvalue weighted by Crippen LogP contribution is -2.04. The maximum atomic E-state index is 6.19. The molecule has 146 valence electrons. The molecular formula is C23H23Cl2NO2. The van der Waals surface area contributed by atoms with Gasteiger partial charge in [-0.1, -0.05) is 47.5 Å². The van der Waals surface area contributed by atoms with Crippen LogP contribution in [-0.2, 0) is 13.2 Å². The summed E-state index contributed by atoms with van der Waals surface area (Å²) >= 11 is 12.1. The van der Waals surface area contributed by atoms with Crippen LogP contribution < -0.4 is 14.8 Å².